The van der Waals surface area contributed by atoms with Crippen LogP contribution in [0.4, 0.5) is 0 Å². The third kappa shape index (κ3) is 3.70. The largest absolute Gasteiger partial charge is 0.396 e. The smallest absolute Gasteiger partial charge is 0.268 e. The Labute approximate surface area is 146 Å². The fourth-order valence-electron chi connectivity index (χ4n) is 3.46. The molecule has 2 atom stereocenters. The summed E-state index contributed by atoms with van der Waals surface area (Å²) >= 11 is 1.61. The Balaban J connectivity index is 1.76. The molecule has 1 aliphatic carbocycles. The molecule has 1 saturated carbocycles. The summed E-state index contributed by atoms with van der Waals surface area (Å²) in [6, 6.07) is 1.96. The van der Waals surface area contributed by atoms with Crippen LogP contribution < -0.4 is 5.32 Å². The van der Waals surface area contributed by atoms with Crippen LogP contribution in [0.5, 0.6) is 0 Å². The maximum Gasteiger partial charge on any atom is 0.268 e. The quantitative estimate of drug-likeness (QED) is 0.835. The first-order chi connectivity index (χ1) is 11.6. The molecule has 3 rings (SSSR count). The fourth-order valence-corrected chi connectivity index (χ4v) is 4.08. The van der Waals surface area contributed by atoms with Gasteiger partial charge < -0.3 is 15.0 Å². The molecule has 0 radical (unpaired) electrons. The normalized spacial score (nSPS) is 21.5. The summed E-state index contributed by atoms with van der Waals surface area (Å²) in [4.78, 5) is 17.2. The highest BCUT2D eigenvalue weighted by atomic mass is 32.1. The van der Waals surface area contributed by atoms with Crippen LogP contribution in [0.3, 0.4) is 0 Å². The number of aliphatic hydroxyl groups excluding tert-OH is 1. The number of hydrogen-bond donors (Lipinski definition) is 2. The second-order valence-corrected chi connectivity index (χ2v) is 7.70. The molecule has 0 saturated heterocycles. The van der Waals surface area contributed by atoms with E-state index in [1.165, 1.54) is 6.42 Å². The molecular formula is C18H25N3O2S. The molecule has 2 N–H and O–H groups in total. The standard InChI is InChI=1S/C18H25N3O2S/c1-12-19-16(11-24-12)14-8-17(21(2)9-14)18(23)20-15-7-5-3-4-6-13(15)10-22/h8-9,11,13,15,22H,3-7,10H2,1-2H3,(H,20,23). The van der Waals surface area contributed by atoms with E-state index < -0.39 is 0 Å². The predicted molar refractivity (Wildman–Crippen MR) is 96.2 cm³/mol. The van der Waals surface area contributed by atoms with Crippen LogP contribution in [0.25, 0.3) is 11.3 Å². The van der Waals surface area contributed by atoms with Crippen LogP contribution in [0.2, 0.25) is 0 Å². The van der Waals surface area contributed by atoms with Crippen molar-refractivity contribution in [3.63, 3.8) is 0 Å². The van der Waals surface area contributed by atoms with Crippen molar-refractivity contribution in [2.24, 2.45) is 13.0 Å². The average Bonchev–Trinajstić information content (AvgIpc) is 3.08. The molecule has 0 aliphatic heterocycles. The van der Waals surface area contributed by atoms with E-state index in [0.717, 1.165) is 41.9 Å². The first-order valence-electron chi connectivity index (χ1n) is 8.59. The van der Waals surface area contributed by atoms with Crippen molar-refractivity contribution in [2.45, 2.75) is 45.1 Å². The third-order valence-corrected chi connectivity index (χ3v) is 5.64. The lowest BCUT2D eigenvalue weighted by molar-refractivity contribution is 0.0891. The molecule has 1 fully saturated rings. The molecule has 2 heterocycles. The van der Waals surface area contributed by atoms with Gasteiger partial charge in [-0.25, -0.2) is 4.98 Å². The zero-order valence-corrected chi connectivity index (χ0v) is 15.1. The van der Waals surface area contributed by atoms with Crippen molar-refractivity contribution in [3.05, 3.63) is 28.3 Å². The number of amides is 1. The van der Waals surface area contributed by atoms with Gasteiger partial charge in [-0.1, -0.05) is 19.3 Å². The number of nitrogens with one attached hydrogen (secondary N) is 1. The Kier molecular flexibility index (Phi) is 5.36. The first-order valence-corrected chi connectivity index (χ1v) is 9.47. The summed E-state index contributed by atoms with van der Waals surface area (Å²) < 4.78 is 1.85. The number of thiazole rings is 1. The van der Waals surface area contributed by atoms with Gasteiger partial charge in [-0.15, -0.1) is 11.3 Å². The minimum atomic E-state index is -0.0685. The Bertz CT molecular complexity index is 707. The average molecular weight is 347 g/mol. The predicted octanol–water partition coefficient (Wildman–Crippen LogP) is 3.13. The summed E-state index contributed by atoms with van der Waals surface area (Å²) in [6.07, 6.45) is 7.30. The highest BCUT2D eigenvalue weighted by Crippen LogP contribution is 2.25. The van der Waals surface area contributed by atoms with Crippen LogP contribution >= 0.6 is 11.3 Å². The number of aliphatic hydroxyl groups is 1. The molecule has 0 spiro atoms. The van der Waals surface area contributed by atoms with Crippen LogP contribution in [-0.4, -0.2) is 33.2 Å². The van der Waals surface area contributed by atoms with Gasteiger partial charge in [0, 0.05) is 42.8 Å². The number of aromatic nitrogens is 2. The van der Waals surface area contributed by atoms with Crippen molar-refractivity contribution < 1.29 is 9.90 Å². The lowest BCUT2D eigenvalue weighted by Crippen LogP contribution is -2.41. The van der Waals surface area contributed by atoms with Crippen LogP contribution in [0.1, 0.15) is 47.6 Å². The maximum atomic E-state index is 12.7. The number of hydrogen-bond acceptors (Lipinski definition) is 4. The van der Waals surface area contributed by atoms with E-state index in [0.29, 0.717) is 5.69 Å². The van der Waals surface area contributed by atoms with E-state index in [1.54, 1.807) is 11.3 Å². The van der Waals surface area contributed by atoms with Gasteiger partial charge in [-0.3, -0.25) is 4.79 Å². The van der Waals surface area contributed by atoms with Gasteiger partial charge >= 0.3 is 0 Å². The van der Waals surface area contributed by atoms with Gasteiger partial charge in [0.1, 0.15) is 5.69 Å². The van der Waals surface area contributed by atoms with Gasteiger partial charge in [0.05, 0.1) is 10.7 Å². The van der Waals surface area contributed by atoms with E-state index in [1.807, 2.05) is 36.2 Å². The SMILES string of the molecule is Cc1nc(-c2cc(C(=O)NC3CCCCCC3CO)n(C)c2)cs1. The molecule has 130 valence electrons. The van der Waals surface area contributed by atoms with Gasteiger partial charge in [0.25, 0.3) is 5.91 Å². The van der Waals surface area contributed by atoms with Gasteiger partial charge in [0.2, 0.25) is 0 Å². The van der Waals surface area contributed by atoms with E-state index in [4.69, 9.17) is 0 Å². The first kappa shape index (κ1) is 17.2. The highest BCUT2D eigenvalue weighted by molar-refractivity contribution is 7.09. The van der Waals surface area contributed by atoms with Crippen molar-refractivity contribution in [1.82, 2.24) is 14.9 Å². The van der Waals surface area contributed by atoms with Crippen molar-refractivity contribution in [3.8, 4) is 11.3 Å². The van der Waals surface area contributed by atoms with Crippen LogP contribution in [0, 0.1) is 12.8 Å². The van der Waals surface area contributed by atoms with E-state index in [2.05, 4.69) is 10.3 Å². The van der Waals surface area contributed by atoms with Crippen molar-refractivity contribution in [2.75, 3.05) is 6.61 Å². The lowest BCUT2D eigenvalue weighted by Gasteiger charge is -2.24. The molecule has 2 unspecified atom stereocenters. The number of rotatable bonds is 4. The molecule has 0 bridgehead atoms. The number of carbonyl (C=O) groups excluding carboxylic acids is 1. The molecule has 0 aromatic carbocycles. The lowest BCUT2D eigenvalue weighted by atomic mass is 9.95. The van der Waals surface area contributed by atoms with Gasteiger partial charge in [-0.2, -0.15) is 0 Å². The monoisotopic (exact) mass is 347 g/mol. The summed E-state index contributed by atoms with van der Waals surface area (Å²) in [5, 5.41) is 15.8. The molecule has 1 aliphatic rings. The minimum Gasteiger partial charge on any atom is -0.396 e. The molecule has 2 aromatic rings. The molecule has 24 heavy (non-hydrogen) atoms. The highest BCUT2D eigenvalue weighted by Gasteiger charge is 2.26. The Morgan fingerprint density at radius 3 is 2.92 bits per heavy atom. The Morgan fingerprint density at radius 2 is 2.21 bits per heavy atom. The number of carbonyl (C=O) groups is 1. The topological polar surface area (TPSA) is 67.2 Å². The van der Waals surface area contributed by atoms with Crippen LogP contribution in [-0.2, 0) is 7.05 Å². The van der Waals surface area contributed by atoms with Crippen molar-refractivity contribution >= 4 is 17.2 Å². The maximum absolute atomic E-state index is 12.7. The third-order valence-electron chi connectivity index (χ3n) is 4.86. The van der Waals surface area contributed by atoms with Crippen molar-refractivity contribution in [1.29, 1.82) is 0 Å². The molecule has 6 heteroatoms. The van der Waals surface area contributed by atoms with E-state index in [-0.39, 0.29) is 24.5 Å². The summed E-state index contributed by atoms with van der Waals surface area (Å²) in [6.45, 7) is 2.12. The molecule has 1 amide bonds. The molecule has 5 nitrogen and oxygen atoms in total. The summed E-state index contributed by atoms with van der Waals surface area (Å²) in [5.74, 6) is 0.0958. The summed E-state index contributed by atoms with van der Waals surface area (Å²) in [5.41, 5.74) is 2.51. The Morgan fingerprint density at radius 1 is 1.42 bits per heavy atom. The zero-order chi connectivity index (χ0) is 17.1. The summed E-state index contributed by atoms with van der Waals surface area (Å²) in [7, 11) is 1.88. The van der Waals surface area contributed by atoms with Gasteiger partial charge in [0.15, 0.2) is 0 Å². The zero-order valence-electron chi connectivity index (χ0n) is 14.3. The molecule has 2 aromatic heterocycles. The van der Waals surface area contributed by atoms with Crippen LogP contribution in [0.15, 0.2) is 17.6 Å². The van der Waals surface area contributed by atoms with Gasteiger partial charge in [-0.05, 0) is 25.8 Å². The minimum absolute atomic E-state index is 0.0601. The number of aryl methyl sites for hydroxylation is 2. The second kappa shape index (κ2) is 7.49. The van der Waals surface area contributed by atoms with E-state index >= 15 is 0 Å². The Hall–Kier alpha value is -1.66. The number of nitrogens with zero attached hydrogens (tertiary/aromatic N) is 2. The fraction of sp³-hybridized carbons (Fsp3) is 0.556. The second-order valence-electron chi connectivity index (χ2n) is 6.64. The van der Waals surface area contributed by atoms with E-state index in [9.17, 15) is 9.90 Å². The molecular weight excluding hydrogens is 322 g/mol.